The summed E-state index contributed by atoms with van der Waals surface area (Å²) in [7, 11) is 3.39. The molecule has 0 aliphatic carbocycles. The van der Waals surface area contributed by atoms with E-state index in [1.165, 1.54) is 11.0 Å². The maximum atomic E-state index is 14.1. The highest BCUT2D eigenvalue weighted by Gasteiger charge is 2.14. The smallest absolute Gasteiger partial charge is 0.241 e. The summed E-state index contributed by atoms with van der Waals surface area (Å²) in [5, 5.41) is 3.69. The van der Waals surface area contributed by atoms with Gasteiger partial charge in [-0.1, -0.05) is 0 Å². The largest absolute Gasteiger partial charge is 0.347 e. The van der Waals surface area contributed by atoms with Gasteiger partial charge in [-0.3, -0.25) is 4.79 Å². The molecule has 0 spiro atoms. The number of likely N-dealkylation sites (N-methyl/N-ethyl adjacent to an activating group) is 1. The molecule has 0 unspecified atom stereocenters. The van der Waals surface area contributed by atoms with Crippen LogP contribution in [0, 0.1) is 18.6 Å². The van der Waals surface area contributed by atoms with Crippen LogP contribution in [0.3, 0.4) is 0 Å². The normalized spacial score (nSPS) is 10.9. The second kappa shape index (κ2) is 6.51. The monoisotopic (exact) mass is 344 g/mol. The van der Waals surface area contributed by atoms with Gasteiger partial charge in [0.15, 0.2) is 0 Å². The van der Waals surface area contributed by atoms with Gasteiger partial charge in [-0.15, -0.1) is 0 Å². The number of hydrogen-bond donors (Lipinski definition) is 1. The van der Waals surface area contributed by atoms with Crippen molar-refractivity contribution in [3.63, 3.8) is 0 Å². The van der Waals surface area contributed by atoms with Gasteiger partial charge in [0.05, 0.1) is 11.2 Å². The Balaban J connectivity index is 1.99. The van der Waals surface area contributed by atoms with E-state index in [0.29, 0.717) is 11.4 Å². The van der Waals surface area contributed by atoms with Crippen molar-refractivity contribution in [1.29, 1.82) is 0 Å². The third kappa shape index (κ3) is 3.31. The highest BCUT2D eigenvalue weighted by molar-refractivity contribution is 5.93. The fourth-order valence-corrected chi connectivity index (χ4v) is 2.63. The van der Waals surface area contributed by atoms with E-state index in [9.17, 15) is 13.6 Å². The van der Waals surface area contributed by atoms with Crippen molar-refractivity contribution in [2.24, 2.45) is 0 Å². The second-order valence-corrected chi connectivity index (χ2v) is 6.03. The van der Waals surface area contributed by atoms with Crippen molar-refractivity contribution in [3.05, 3.63) is 53.9 Å². The Kier molecular flexibility index (Phi) is 4.39. The van der Waals surface area contributed by atoms with Crippen molar-refractivity contribution in [2.75, 3.05) is 19.4 Å². The summed E-state index contributed by atoms with van der Waals surface area (Å²) in [6.07, 6.45) is 3.37. The van der Waals surface area contributed by atoms with Crippen LogP contribution in [0.15, 0.2) is 36.7 Å². The van der Waals surface area contributed by atoms with E-state index >= 15 is 0 Å². The minimum Gasteiger partial charge on any atom is -0.347 e. The molecule has 3 rings (SSSR count). The molecule has 0 fully saturated rings. The number of amides is 1. The Morgan fingerprint density at radius 3 is 2.72 bits per heavy atom. The first-order valence-electron chi connectivity index (χ1n) is 7.73. The predicted molar refractivity (Wildman–Crippen MR) is 92.8 cm³/mol. The molecule has 25 heavy (non-hydrogen) atoms. The van der Waals surface area contributed by atoms with Gasteiger partial charge in [-0.2, -0.15) is 0 Å². The number of pyridine rings is 1. The molecular weight excluding hydrogens is 326 g/mol. The number of aryl methyl sites for hydroxylation is 1. The number of hydrogen-bond acceptors (Lipinski definition) is 3. The molecule has 0 aliphatic rings. The van der Waals surface area contributed by atoms with Crippen LogP contribution in [0.2, 0.25) is 0 Å². The molecule has 7 heteroatoms. The quantitative estimate of drug-likeness (QED) is 0.789. The zero-order valence-corrected chi connectivity index (χ0v) is 14.2. The molecule has 0 atom stereocenters. The molecule has 2 heterocycles. The summed E-state index contributed by atoms with van der Waals surface area (Å²) in [4.78, 5) is 17.7. The number of anilines is 2. The molecule has 0 saturated heterocycles. The lowest BCUT2D eigenvalue weighted by molar-refractivity contribution is -0.129. The number of nitrogens with zero attached hydrogens (tertiary/aromatic N) is 3. The number of benzene rings is 1. The molecule has 0 saturated carbocycles. The van der Waals surface area contributed by atoms with E-state index in [0.717, 1.165) is 17.0 Å². The number of nitrogens with one attached hydrogen (secondary N) is 1. The zero-order valence-electron chi connectivity index (χ0n) is 14.2. The minimum atomic E-state index is -0.682. The molecule has 0 radical (unpaired) electrons. The number of carbonyl (C=O) groups is 1. The van der Waals surface area contributed by atoms with E-state index in [1.54, 1.807) is 44.0 Å². The van der Waals surface area contributed by atoms with Crippen LogP contribution < -0.4 is 5.32 Å². The van der Waals surface area contributed by atoms with Gasteiger partial charge in [0, 0.05) is 37.9 Å². The van der Waals surface area contributed by atoms with Gasteiger partial charge in [0.25, 0.3) is 0 Å². The maximum absolute atomic E-state index is 14.1. The minimum absolute atomic E-state index is 0.0377. The first-order valence-corrected chi connectivity index (χ1v) is 7.73. The SMILES string of the molecule is Cc1cc(F)cc(F)c1Nc1nccc2c1ccn2CC(=O)N(C)C. The third-order valence-corrected chi connectivity index (χ3v) is 4.00. The Labute approximate surface area is 143 Å². The van der Waals surface area contributed by atoms with Crippen LogP contribution in [0.5, 0.6) is 0 Å². The average molecular weight is 344 g/mol. The number of carbonyl (C=O) groups excluding carboxylic acids is 1. The second-order valence-electron chi connectivity index (χ2n) is 6.03. The fourth-order valence-electron chi connectivity index (χ4n) is 2.63. The number of rotatable bonds is 4. The molecule has 5 nitrogen and oxygen atoms in total. The first-order chi connectivity index (χ1) is 11.9. The summed E-state index contributed by atoms with van der Waals surface area (Å²) < 4.78 is 29.1. The highest BCUT2D eigenvalue weighted by Crippen LogP contribution is 2.29. The van der Waals surface area contributed by atoms with Crippen LogP contribution in [0.1, 0.15) is 5.56 Å². The number of halogens is 2. The van der Waals surface area contributed by atoms with Gasteiger partial charge in [-0.25, -0.2) is 13.8 Å². The van der Waals surface area contributed by atoms with Crippen molar-refractivity contribution in [1.82, 2.24) is 14.5 Å². The molecule has 1 aromatic carbocycles. The van der Waals surface area contributed by atoms with Crippen molar-refractivity contribution in [3.8, 4) is 0 Å². The molecule has 1 N–H and O–H groups in total. The summed E-state index contributed by atoms with van der Waals surface area (Å²) in [6.45, 7) is 1.82. The molecule has 2 aromatic heterocycles. The topological polar surface area (TPSA) is 50.2 Å². The van der Waals surface area contributed by atoms with Gasteiger partial charge < -0.3 is 14.8 Å². The molecule has 130 valence electrons. The Morgan fingerprint density at radius 1 is 1.28 bits per heavy atom. The highest BCUT2D eigenvalue weighted by atomic mass is 19.1. The van der Waals surface area contributed by atoms with Gasteiger partial charge in [0.2, 0.25) is 5.91 Å². The Hall–Kier alpha value is -2.96. The van der Waals surface area contributed by atoms with Crippen LogP contribution in [-0.4, -0.2) is 34.5 Å². The lowest BCUT2D eigenvalue weighted by atomic mass is 10.2. The molecule has 3 aromatic rings. The standard InChI is InChI=1S/C18H18F2N4O/c1-11-8-12(19)9-14(20)17(11)22-18-13-5-7-24(10-16(25)23(2)3)15(13)4-6-21-18/h4-9H,10H2,1-3H3,(H,21,22). The number of fused-ring (bicyclic) bond motifs is 1. The van der Waals surface area contributed by atoms with Crippen molar-refractivity contribution < 1.29 is 13.6 Å². The Morgan fingerprint density at radius 2 is 2.04 bits per heavy atom. The summed E-state index contributed by atoms with van der Waals surface area (Å²) in [5.74, 6) is -0.898. The van der Waals surface area contributed by atoms with E-state index in [-0.39, 0.29) is 18.1 Å². The summed E-state index contributed by atoms with van der Waals surface area (Å²) in [5.41, 5.74) is 1.42. The lowest BCUT2D eigenvalue weighted by Gasteiger charge is -2.13. The third-order valence-electron chi connectivity index (χ3n) is 4.00. The fraction of sp³-hybridized carbons (Fsp3) is 0.222. The Bertz CT molecular complexity index is 926. The van der Waals surface area contributed by atoms with Crippen LogP contribution in [0.25, 0.3) is 10.9 Å². The van der Waals surface area contributed by atoms with Gasteiger partial charge in [0.1, 0.15) is 24.0 Å². The van der Waals surface area contributed by atoms with Crippen LogP contribution in [0.4, 0.5) is 20.3 Å². The van der Waals surface area contributed by atoms with Crippen molar-refractivity contribution in [2.45, 2.75) is 13.5 Å². The van der Waals surface area contributed by atoms with Gasteiger partial charge in [-0.05, 0) is 30.7 Å². The van der Waals surface area contributed by atoms with E-state index in [1.807, 2.05) is 6.07 Å². The summed E-state index contributed by atoms with van der Waals surface area (Å²) in [6, 6.07) is 5.69. The summed E-state index contributed by atoms with van der Waals surface area (Å²) >= 11 is 0. The lowest BCUT2D eigenvalue weighted by Crippen LogP contribution is -2.25. The number of aromatic nitrogens is 2. The van der Waals surface area contributed by atoms with E-state index in [2.05, 4.69) is 10.3 Å². The first kappa shape index (κ1) is 16.9. The average Bonchev–Trinajstić information content (AvgIpc) is 2.94. The van der Waals surface area contributed by atoms with E-state index < -0.39 is 11.6 Å². The van der Waals surface area contributed by atoms with Crippen molar-refractivity contribution >= 4 is 28.3 Å². The predicted octanol–water partition coefficient (Wildman–Crippen LogP) is 3.45. The molecule has 0 bridgehead atoms. The molecule has 0 aliphatic heterocycles. The van der Waals surface area contributed by atoms with Crippen LogP contribution in [-0.2, 0) is 11.3 Å². The van der Waals surface area contributed by atoms with Crippen LogP contribution >= 0.6 is 0 Å². The molecular formula is C18H18F2N4O. The zero-order chi connectivity index (χ0) is 18.1. The maximum Gasteiger partial charge on any atom is 0.241 e. The van der Waals surface area contributed by atoms with E-state index in [4.69, 9.17) is 0 Å². The molecule has 1 amide bonds. The van der Waals surface area contributed by atoms with Gasteiger partial charge >= 0.3 is 0 Å².